The first kappa shape index (κ1) is 20.8. The predicted octanol–water partition coefficient (Wildman–Crippen LogP) is 4.41. The number of rotatable bonds is 6. The van der Waals surface area contributed by atoms with Crippen LogP contribution in [-0.4, -0.2) is 43.1 Å². The van der Waals surface area contributed by atoms with Crippen LogP contribution in [0.4, 0.5) is 0 Å². The Morgan fingerprint density at radius 2 is 1.73 bits per heavy atom. The molecule has 0 saturated carbocycles. The Kier molecular flexibility index (Phi) is 6.04. The maximum atomic E-state index is 13.5. The van der Waals surface area contributed by atoms with E-state index in [-0.39, 0.29) is 30.2 Å². The molecule has 2 atom stereocenters. The van der Waals surface area contributed by atoms with E-state index in [0.29, 0.717) is 17.2 Å². The van der Waals surface area contributed by atoms with Crippen LogP contribution in [0.2, 0.25) is 0 Å². The van der Waals surface area contributed by atoms with E-state index in [1.165, 1.54) is 4.31 Å². The summed E-state index contributed by atoms with van der Waals surface area (Å²) in [5, 5.41) is 2.30. The molecule has 1 heterocycles. The lowest BCUT2D eigenvalue weighted by Gasteiger charge is -2.24. The Hall–Kier alpha value is -2.48. The molecule has 0 unspecified atom stereocenters. The zero-order valence-electron chi connectivity index (χ0n) is 16.6. The molecule has 7 heteroatoms. The summed E-state index contributed by atoms with van der Waals surface area (Å²) >= 11 is 5.07. The van der Waals surface area contributed by atoms with E-state index < -0.39 is 10.0 Å². The van der Waals surface area contributed by atoms with Crippen LogP contribution < -0.4 is 4.74 Å². The molecule has 1 saturated heterocycles. The molecule has 4 rings (SSSR count). The summed E-state index contributed by atoms with van der Waals surface area (Å²) in [4.78, 5) is 0.269. The fraction of sp³-hybridized carbons (Fsp3) is 0.261. The largest absolute Gasteiger partial charge is 0.492 e. The normalized spacial score (nSPS) is 19.6. The van der Waals surface area contributed by atoms with Crippen LogP contribution >= 0.6 is 12.2 Å². The van der Waals surface area contributed by atoms with Crippen LogP contribution in [0.5, 0.6) is 5.75 Å². The molecule has 30 heavy (non-hydrogen) atoms. The Morgan fingerprint density at radius 1 is 1.03 bits per heavy atom. The second kappa shape index (κ2) is 8.71. The van der Waals surface area contributed by atoms with Crippen molar-refractivity contribution >= 4 is 38.1 Å². The van der Waals surface area contributed by atoms with Crippen LogP contribution in [0.25, 0.3) is 10.8 Å². The smallest absolute Gasteiger partial charge is 0.243 e. The fourth-order valence-corrected chi connectivity index (χ4v) is 5.61. The predicted molar refractivity (Wildman–Crippen MR) is 121 cm³/mol. The van der Waals surface area contributed by atoms with Gasteiger partial charge in [-0.05, 0) is 47.3 Å². The molecule has 0 bridgehead atoms. The van der Waals surface area contributed by atoms with E-state index in [1.54, 1.807) is 19.1 Å². The molecule has 1 aliphatic rings. The van der Waals surface area contributed by atoms with Gasteiger partial charge >= 0.3 is 0 Å². The maximum absolute atomic E-state index is 13.5. The molecule has 0 aliphatic carbocycles. The Labute approximate surface area is 182 Å². The van der Waals surface area contributed by atoms with Crippen molar-refractivity contribution in [2.75, 3.05) is 13.2 Å². The first-order valence-corrected chi connectivity index (χ1v) is 11.6. The van der Waals surface area contributed by atoms with Gasteiger partial charge in [0.2, 0.25) is 10.0 Å². The van der Waals surface area contributed by atoms with E-state index in [2.05, 4.69) is 0 Å². The lowest BCUT2D eigenvalue weighted by molar-refractivity contribution is 0.203. The summed E-state index contributed by atoms with van der Waals surface area (Å²) in [6.45, 7) is 2.18. The van der Waals surface area contributed by atoms with Crippen LogP contribution in [0, 0.1) is 0 Å². The minimum Gasteiger partial charge on any atom is -0.492 e. The van der Waals surface area contributed by atoms with Gasteiger partial charge < -0.3 is 9.47 Å². The summed E-state index contributed by atoms with van der Waals surface area (Å²) in [6, 6.07) is 22.0. The van der Waals surface area contributed by atoms with E-state index >= 15 is 0 Å². The van der Waals surface area contributed by atoms with Crippen LogP contribution in [0.3, 0.4) is 0 Å². The van der Waals surface area contributed by atoms with Gasteiger partial charge in [-0.2, -0.15) is 4.31 Å². The van der Waals surface area contributed by atoms with Gasteiger partial charge in [0.25, 0.3) is 0 Å². The summed E-state index contributed by atoms with van der Waals surface area (Å²) in [5.41, 5.74) is 0. The van der Waals surface area contributed by atoms with Crippen molar-refractivity contribution in [1.82, 2.24) is 4.31 Å². The highest BCUT2D eigenvalue weighted by Crippen LogP contribution is 2.30. The minimum absolute atomic E-state index is 0.242. The highest BCUT2D eigenvalue weighted by molar-refractivity contribution is 7.89. The molecule has 1 fully saturated rings. The van der Waals surface area contributed by atoms with E-state index in [4.69, 9.17) is 21.7 Å². The quantitative estimate of drug-likeness (QED) is 0.530. The van der Waals surface area contributed by atoms with Gasteiger partial charge in [0.1, 0.15) is 18.5 Å². The number of sulfonamides is 1. The first-order valence-electron chi connectivity index (χ1n) is 9.79. The van der Waals surface area contributed by atoms with E-state index in [1.807, 2.05) is 60.7 Å². The van der Waals surface area contributed by atoms with Crippen molar-refractivity contribution in [3.8, 4) is 5.75 Å². The molecule has 3 aromatic carbocycles. The second-order valence-electron chi connectivity index (χ2n) is 7.33. The van der Waals surface area contributed by atoms with Crippen LogP contribution in [-0.2, 0) is 14.8 Å². The van der Waals surface area contributed by atoms with Gasteiger partial charge in [0.15, 0.2) is 5.05 Å². The third kappa shape index (κ3) is 4.48. The highest BCUT2D eigenvalue weighted by Gasteiger charge is 2.41. The zero-order chi connectivity index (χ0) is 21.1. The molecule has 0 aromatic heterocycles. The molecule has 0 spiro atoms. The number of hydrogen-bond donors (Lipinski definition) is 0. The van der Waals surface area contributed by atoms with Crippen molar-refractivity contribution in [3.05, 3.63) is 72.8 Å². The molecular weight excluding hydrogens is 418 g/mol. The second-order valence-corrected chi connectivity index (χ2v) is 9.79. The van der Waals surface area contributed by atoms with Gasteiger partial charge in [-0.25, -0.2) is 8.42 Å². The van der Waals surface area contributed by atoms with Gasteiger partial charge in [-0.3, -0.25) is 0 Å². The fourth-order valence-electron chi connectivity index (χ4n) is 3.78. The number of thiocarbonyl (C=S) groups is 1. The van der Waals surface area contributed by atoms with Gasteiger partial charge in [0, 0.05) is 13.3 Å². The Bertz CT molecular complexity index is 1150. The topological polar surface area (TPSA) is 55.8 Å². The van der Waals surface area contributed by atoms with Gasteiger partial charge in [0.05, 0.1) is 17.5 Å². The molecule has 0 amide bonds. The first-order chi connectivity index (χ1) is 14.4. The van der Waals surface area contributed by atoms with Crippen LogP contribution in [0.15, 0.2) is 77.7 Å². The standard InChI is InChI=1S/C23H23NO4S2/c1-17(29)28-22-14-20(16-27-21-9-3-2-4-10-21)24(15-22)30(25,26)23-12-11-18-7-5-6-8-19(18)13-23/h2-13,20,22H,14-16H2,1H3/t20-,22+/m0/s1. The molecule has 0 N–H and O–H groups in total. The average Bonchev–Trinajstić information content (AvgIpc) is 3.15. The Balaban J connectivity index is 1.61. The van der Waals surface area contributed by atoms with Gasteiger partial charge in [-0.15, -0.1) is 0 Å². The molecule has 5 nitrogen and oxygen atoms in total. The summed E-state index contributed by atoms with van der Waals surface area (Å²) in [5.74, 6) is 0.705. The summed E-state index contributed by atoms with van der Waals surface area (Å²) in [6.07, 6.45) is 0.232. The van der Waals surface area contributed by atoms with E-state index in [0.717, 1.165) is 10.8 Å². The minimum atomic E-state index is -3.72. The van der Waals surface area contributed by atoms with Crippen molar-refractivity contribution < 1.29 is 17.9 Å². The molecule has 1 aliphatic heterocycles. The molecule has 0 radical (unpaired) electrons. The van der Waals surface area contributed by atoms with Crippen molar-refractivity contribution in [3.63, 3.8) is 0 Å². The molecule has 3 aromatic rings. The summed E-state index contributed by atoms with van der Waals surface area (Å²) < 4.78 is 40.1. The third-order valence-corrected chi connectivity index (χ3v) is 7.18. The number of ether oxygens (including phenoxy) is 2. The SMILES string of the molecule is CC(=S)O[C@@H]1C[C@@H](COc2ccccc2)N(S(=O)(=O)c2ccc3ccccc3c2)C1. The number of nitrogens with zero attached hydrogens (tertiary/aromatic N) is 1. The third-order valence-electron chi connectivity index (χ3n) is 5.17. The maximum Gasteiger partial charge on any atom is 0.243 e. The average molecular weight is 442 g/mol. The number of fused-ring (bicyclic) bond motifs is 1. The van der Waals surface area contributed by atoms with Gasteiger partial charge in [-0.1, -0.05) is 48.5 Å². The lowest BCUT2D eigenvalue weighted by Crippen LogP contribution is -2.39. The van der Waals surface area contributed by atoms with Crippen LogP contribution in [0.1, 0.15) is 13.3 Å². The number of para-hydroxylation sites is 1. The van der Waals surface area contributed by atoms with Crippen molar-refractivity contribution in [2.24, 2.45) is 0 Å². The van der Waals surface area contributed by atoms with Crippen molar-refractivity contribution in [2.45, 2.75) is 30.4 Å². The molecular formula is C23H23NO4S2. The van der Waals surface area contributed by atoms with E-state index in [9.17, 15) is 8.42 Å². The number of hydrogen-bond acceptors (Lipinski definition) is 5. The Morgan fingerprint density at radius 3 is 2.47 bits per heavy atom. The summed E-state index contributed by atoms with van der Waals surface area (Å²) in [7, 11) is -3.72. The highest BCUT2D eigenvalue weighted by atomic mass is 32.2. The molecule has 156 valence electrons. The lowest BCUT2D eigenvalue weighted by atomic mass is 10.1. The monoisotopic (exact) mass is 441 g/mol. The zero-order valence-corrected chi connectivity index (χ0v) is 18.2. The number of benzene rings is 3. The van der Waals surface area contributed by atoms with Crippen molar-refractivity contribution in [1.29, 1.82) is 0 Å².